The fourth-order valence-electron chi connectivity index (χ4n) is 1.63. The number of benzene rings is 1. The average molecular weight is 251 g/mol. The number of halogens is 2. The lowest BCUT2D eigenvalue weighted by atomic mass is 10.0. The van der Waals surface area contributed by atoms with E-state index in [0.29, 0.717) is 11.4 Å². The molecule has 2 nitrogen and oxygen atoms in total. The van der Waals surface area contributed by atoms with Gasteiger partial charge in [0, 0.05) is 18.4 Å². The van der Waals surface area contributed by atoms with Crippen LogP contribution in [0.15, 0.2) is 42.7 Å². The summed E-state index contributed by atoms with van der Waals surface area (Å²) in [6, 6.07) is 7.83. The summed E-state index contributed by atoms with van der Waals surface area (Å²) in [7, 11) is 0. The summed E-state index contributed by atoms with van der Waals surface area (Å²) >= 11 is 6.00. The molecule has 4 heteroatoms. The van der Waals surface area contributed by atoms with Crippen LogP contribution in [0.1, 0.15) is 17.2 Å². The van der Waals surface area contributed by atoms with Crippen molar-refractivity contribution in [1.82, 2.24) is 4.98 Å². The standard InChI is InChI=1S/C13H12ClFN2/c14-12-8-17-6-5-10(12)7-13(16)9-1-3-11(15)4-2-9/h1-6,8,13H,7,16H2. The maximum absolute atomic E-state index is 12.8. The predicted molar refractivity (Wildman–Crippen MR) is 66.3 cm³/mol. The molecule has 17 heavy (non-hydrogen) atoms. The van der Waals surface area contributed by atoms with Crippen molar-refractivity contribution in [2.24, 2.45) is 5.73 Å². The summed E-state index contributed by atoms with van der Waals surface area (Å²) in [6.07, 6.45) is 3.87. The lowest BCUT2D eigenvalue weighted by Gasteiger charge is -2.12. The molecule has 1 atom stereocenters. The molecule has 1 aromatic carbocycles. The van der Waals surface area contributed by atoms with Gasteiger partial charge in [-0.3, -0.25) is 4.98 Å². The largest absolute Gasteiger partial charge is 0.324 e. The van der Waals surface area contributed by atoms with Gasteiger partial charge < -0.3 is 5.73 Å². The first-order valence-electron chi connectivity index (χ1n) is 5.26. The summed E-state index contributed by atoms with van der Waals surface area (Å²) in [6.45, 7) is 0. The molecule has 0 saturated carbocycles. The van der Waals surface area contributed by atoms with Gasteiger partial charge in [-0.15, -0.1) is 0 Å². The second kappa shape index (κ2) is 5.25. The Bertz CT molecular complexity index is 499. The van der Waals surface area contributed by atoms with Gasteiger partial charge in [-0.1, -0.05) is 23.7 Å². The molecule has 0 aliphatic rings. The first kappa shape index (κ1) is 12.0. The first-order chi connectivity index (χ1) is 8.16. The number of rotatable bonds is 3. The molecule has 0 amide bonds. The highest BCUT2D eigenvalue weighted by atomic mass is 35.5. The van der Waals surface area contributed by atoms with E-state index >= 15 is 0 Å². The summed E-state index contributed by atoms with van der Waals surface area (Å²) in [4.78, 5) is 3.91. The summed E-state index contributed by atoms with van der Waals surface area (Å²) in [5.41, 5.74) is 7.88. The third-order valence-corrected chi connectivity index (χ3v) is 2.93. The van der Waals surface area contributed by atoms with E-state index in [2.05, 4.69) is 4.98 Å². The molecule has 2 aromatic rings. The van der Waals surface area contributed by atoms with Crippen molar-refractivity contribution >= 4 is 11.6 Å². The minimum atomic E-state index is -0.261. The van der Waals surface area contributed by atoms with E-state index in [1.165, 1.54) is 12.1 Å². The second-order valence-corrected chi connectivity index (χ2v) is 4.24. The Balaban J connectivity index is 2.14. The Labute approximate surface area is 104 Å². The topological polar surface area (TPSA) is 38.9 Å². The van der Waals surface area contributed by atoms with Crippen molar-refractivity contribution in [2.45, 2.75) is 12.5 Å². The molecule has 0 aliphatic carbocycles. The molecular formula is C13H12ClFN2. The molecule has 2 N–H and O–H groups in total. The zero-order valence-electron chi connectivity index (χ0n) is 9.11. The number of nitrogens with two attached hydrogens (primary N) is 1. The van der Waals surface area contributed by atoms with Crippen LogP contribution in [0, 0.1) is 5.82 Å². The highest BCUT2D eigenvalue weighted by Gasteiger charge is 2.09. The molecule has 0 radical (unpaired) electrons. The Hall–Kier alpha value is -1.45. The third-order valence-electron chi connectivity index (χ3n) is 2.59. The van der Waals surface area contributed by atoms with Crippen LogP contribution in [-0.2, 0) is 6.42 Å². The average Bonchev–Trinajstić information content (AvgIpc) is 2.33. The molecule has 1 heterocycles. The van der Waals surface area contributed by atoms with E-state index in [1.807, 2.05) is 6.07 Å². The normalized spacial score (nSPS) is 12.4. The molecule has 0 saturated heterocycles. The van der Waals surface area contributed by atoms with Gasteiger partial charge in [-0.2, -0.15) is 0 Å². The van der Waals surface area contributed by atoms with Crippen molar-refractivity contribution in [3.63, 3.8) is 0 Å². The monoisotopic (exact) mass is 250 g/mol. The zero-order valence-corrected chi connectivity index (χ0v) is 9.86. The van der Waals surface area contributed by atoms with Crippen LogP contribution in [-0.4, -0.2) is 4.98 Å². The van der Waals surface area contributed by atoms with Crippen LogP contribution in [0.5, 0.6) is 0 Å². The molecule has 0 fully saturated rings. The van der Waals surface area contributed by atoms with Crippen molar-refractivity contribution in [1.29, 1.82) is 0 Å². The maximum atomic E-state index is 12.8. The molecule has 1 aromatic heterocycles. The fourth-order valence-corrected chi connectivity index (χ4v) is 1.83. The van der Waals surface area contributed by atoms with Crippen LogP contribution in [0.25, 0.3) is 0 Å². The van der Waals surface area contributed by atoms with Crippen molar-refractivity contribution in [3.05, 3.63) is 64.7 Å². The smallest absolute Gasteiger partial charge is 0.123 e. The minimum Gasteiger partial charge on any atom is -0.324 e. The van der Waals surface area contributed by atoms with Crippen molar-refractivity contribution < 1.29 is 4.39 Å². The summed E-state index contributed by atoms with van der Waals surface area (Å²) in [5, 5.41) is 0.602. The maximum Gasteiger partial charge on any atom is 0.123 e. The number of nitrogens with zero attached hydrogens (tertiary/aromatic N) is 1. The van der Waals surface area contributed by atoms with Gasteiger partial charge in [-0.05, 0) is 35.7 Å². The van der Waals surface area contributed by atoms with E-state index in [4.69, 9.17) is 17.3 Å². The number of hydrogen-bond acceptors (Lipinski definition) is 2. The van der Waals surface area contributed by atoms with Crippen molar-refractivity contribution in [2.75, 3.05) is 0 Å². The Morgan fingerprint density at radius 2 is 1.94 bits per heavy atom. The lowest BCUT2D eigenvalue weighted by molar-refractivity contribution is 0.624. The molecule has 0 spiro atoms. The van der Waals surface area contributed by atoms with E-state index in [-0.39, 0.29) is 11.9 Å². The van der Waals surface area contributed by atoms with E-state index < -0.39 is 0 Å². The molecule has 0 bridgehead atoms. The molecule has 0 aliphatic heterocycles. The SMILES string of the molecule is NC(Cc1ccncc1Cl)c1ccc(F)cc1. The quantitative estimate of drug-likeness (QED) is 0.909. The summed E-state index contributed by atoms with van der Waals surface area (Å²) < 4.78 is 12.8. The Kier molecular flexibility index (Phi) is 3.71. The fraction of sp³-hybridized carbons (Fsp3) is 0.154. The van der Waals surface area contributed by atoms with Gasteiger partial charge >= 0.3 is 0 Å². The third kappa shape index (κ3) is 3.02. The van der Waals surface area contributed by atoms with Gasteiger partial charge in [0.15, 0.2) is 0 Å². The van der Waals surface area contributed by atoms with Gasteiger partial charge in [-0.25, -0.2) is 4.39 Å². The lowest BCUT2D eigenvalue weighted by Crippen LogP contribution is -2.13. The Morgan fingerprint density at radius 1 is 1.24 bits per heavy atom. The zero-order chi connectivity index (χ0) is 12.3. The van der Waals surface area contributed by atoms with E-state index in [0.717, 1.165) is 11.1 Å². The van der Waals surface area contributed by atoms with Crippen LogP contribution in [0.3, 0.4) is 0 Å². The second-order valence-electron chi connectivity index (χ2n) is 3.83. The van der Waals surface area contributed by atoms with E-state index in [9.17, 15) is 4.39 Å². The highest BCUT2D eigenvalue weighted by Crippen LogP contribution is 2.21. The van der Waals surface area contributed by atoms with Gasteiger partial charge in [0.2, 0.25) is 0 Å². The number of aromatic nitrogens is 1. The Morgan fingerprint density at radius 3 is 2.59 bits per heavy atom. The molecule has 88 valence electrons. The number of hydrogen-bond donors (Lipinski definition) is 1. The molecule has 1 unspecified atom stereocenters. The van der Waals surface area contributed by atoms with Crippen LogP contribution < -0.4 is 5.73 Å². The van der Waals surface area contributed by atoms with Gasteiger partial charge in [0.1, 0.15) is 5.82 Å². The van der Waals surface area contributed by atoms with Crippen molar-refractivity contribution in [3.8, 4) is 0 Å². The van der Waals surface area contributed by atoms with E-state index in [1.54, 1.807) is 24.5 Å². The van der Waals surface area contributed by atoms with Gasteiger partial charge in [0.05, 0.1) is 5.02 Å². The van der Waals surface area contributed by atoms with Crippen LogP contribution in [0.2, 0.25) is 5.02 Å². The van der Waals surface area contributed by atoms with Crippen LogP contribution >= 0.6 is 11.6 Å². The number of pyridine rings is 1. The predicted octanol–water partition coefficient (Wildman–Crippen LogP) is 3.12. The molecule has 2 rings (SSSR count). The highest BCUT2D eigenvalue weighted by molar-refractivity contribution is 6.31. The van der Waals surface area contributed by atoms with Gasteiger partial charge in [0.25, 0.3) is 0 Å². The minimum absolute atomic E-state index is 0.199. The molecular weight excluding hydrogens is 239 g/mol. The van der Waals surface area contributed by atoms with Crippen LogP contribution in [0.4, 0.5) is 4.39 Å². The first-order valence-corrected chi connectivity index (χ1v) is 5.64. The summed E-state index contributed by atoms with van der Waals surface area (Å²) in [5.74, 6) is -0.261.